The first-order chi connectivity index (χ1) is 32.0. The molecule has 0 saturated carbocycles. The molecule has 4 atom stereocenters. The van der Waals surface area contributed by atoms with Gasteiger partial charge in [-0.05, 0) is 114 Å². The fourth-order valence-corrected chi connectivity index (χ4v) is 7.70. The number of benzene rings is 6. The van der Waals surface area contributed by atoms with Crippen LogP contribution in [0.3, 0.4) is 0 Å². The third-order valence-corrected chi connectivity index (χ3v) is 12.7. The third-order valence-electron chi connectivity index (χ3n) is 12.7. The second kappa shape index (κ2) is 21.5. The summed E-state index contributed by atoms with van der Waals surface area (Å²) in [6, 6.07) is 51.1. The van der Waals surface area contributed by atoms with E-state index < -0.39 is 0 Å². The maximum absolute atomic E-state index is 6.25. The number of nitrogens with zero attached hydrogens (tertiary/aromatic N) is 2. The number of hydrogen-bond donors (Lipinski definition) is 2. The van der Waals surface area contributed by atoms with Crippen molar-refractivity contribution in [3.05, 3.63) is 168 Å². The van der Waals surface area contributed by atoms with E-state index >= 15 is 0 Å². The van der Waals surface area contributed by atoms with E-state index in [1.165, 1.54) is 22.4 Å². The van der Waals surface area contributed by atoms with Crippen LogP contribution in [0.2, 0.25) is 5.31 Å². The highest BCUT2D eigenvalue weighted by Gasteiger charge is 2.26. The Kier molecular flexibility index (Phi) is 15.2. The minimum Gasteiger partial charge on any atom is -0.490 e. The van der Waals surface area contributed by atoms with Crippen molar-refractivity contribution >= 4 is 38.4 Å². The van der Waals surface area contributed by atoms with Gasteiger partial charge in [0.05, 0.1) is 19.9 Å². The Balaban J connectivity index is 0.936. The Morgan fingerprint density at radius 2 is 1.06 bits per heavy atom. The van der Waals surface area contributed by atoms with E-state index in [9.17, 15) is 0 Å². The number of anilines is 4. The minimum atomic E-state index is 0.0351. The molecule has 342 valence electrons. The Morgan fingerprint density at radius 3 is 1.55 bits per heavy atom. The van der Waals surface area contributed by atoms with E-state index in [2.05, 4.69) is 173 Å². The molecule has 0 bridgehead atoms. The van der Waals surface area contributed by atoms with E-state index in [1.807, 2.05) is 36.4 Å². The summed E-state index contributed by atoms with van der Waals surface area (Å²) in [7, 11) is 4.55. The molecule has 2 fully saturated rings. The topological polar surface area (TPSA) is 83.3 Å². The molecule has 4 unspecified atom stereocenters. The first kappa shape index (κ1) is 46.5. The molecule has 2 N–H and O–H groups in total. The van der Waals surface area contributed by atoms with E-state index in [0.29, 0.717) is 26.4 Å². The monoisotopic (exact) mass is 885 g/mol. The average molecular weight is 885 g/mol. The van der Waals surface area contributed by atoms with Crippen LogP contribution in [0, 0.1) is 0 Å². The van der Waals surface area contributed by atoms with Crippen molar-refractivity contribution < 1.29 is 23.7 Å². The predicted octanol–water partition coefficient (Wildman–Crippen LogP) is 10.1. The van der Waals surface area contributed by atoms with Gasteiger partial charge >= 0.3 is 0 Å². The standard InChI is InChI=1S/C55H66B2N4O5/c1-5-54(3,56)38-60(32-42-11-7-9-13-52(42)64-36-50-34-62-50)46-23-15-40(16-24-46)31-41-17-25-47(26-18-41)61(33-43-12-8-10-14-53(43)65-37-51-35-63-51)39-58-44-19-27-48(28-20-44)66-49-29-21-45(22-30-49)59-55(4,57)6-2/h7-30,50-51,58-59H,5-6,31-39,56-57H2,1-4H3. The summed E-state index contributed by atoms with van der Waals surface area (Å²) in [5.41, 5.74) is 9.29. The lowest BCUT2D eigenvalue weighted by atomic mass is 9.68. The molecule has 11 heteroatoms. The molecule has 8 rings (SSSR count). The fraction of sp³-hybridized carbons (Fsp3) is 0.345. The Morgan fingerprint density at radius 1 is 0.591 bits per heavy atom. The van der Waals surface area contributed by atoms with Crippen LogP contribution in [0.5, 0.6) is 23.0 Å². The lowest BCUT2D eigenvalue weighted by Crippen LogP contribution is -2.34. The number of para-hydroxylation sites is 2. The van der Waals surface area contributed by atoms with Gasteiger partial charge in [-0.3, -0.25) is 0 Å². The van der Waals surface area contributed by atoms with Gasteiger partial charge in [-0.25, -0.2) is 0 Å². The van der Waals surface area contributed by atoms with E-state index in [0.717, 1.165) is 91.2 Å². The predicted molar refractivity (Wildman–Crippen MR) is 276 cm³/mol. The van der Waals surface area contributed by atoms with Gasteiger partial charge in [-0.15, -0.1) is 0 Å². The lowest BCUT2D eigenvalue weighted by molar-refractivity contribution is 0.261. The van der Waals surface area contributed by atoms with Crippen molar-refractivity contribution in [2.75, 3.05) is 60.1 Å². The highest BCUT2D eigenvalue weighted by Crippen LogP contribution is 2.33. The Bertz CT molecular complexity index is 2440. The van der Waals surface area contributed by atoms with Crippen LogP contribution >= 0.6 is 0 Å². The third kappa shape index (κ3) is 13.8. The molecule has 0 amide bonds. The summed E-state index contributed by atoms with van der Waals surface area (Å²) in [5, 5.41) is 7.41. The van der Waals surface area contributed by atoms with Gasteiger partial charge in [0.2, 0.25) is 0 Å². The molecule has 6 aromatic rings. The maximum atomic E-state index is 6.25. The van der Waals surface area contributed by atoms with Crippen LogP contribution in [0.25, 0.3) is 0 Å². The molecular formula is C55H66B2N4O5. The number of hydrogen-bond acceptors (Lipinski definition) is 9. The second-order valence-corrected chi connectivity index (χ2v) is 19.2. The molecule has 0 aromatic heterocycles. The van der Waals surface area contributed by atoms with Crippen LogP contribution in [0.15, 0.2) is 146 Å². The van der Waals surface area contributed by atoms with Gasteiger partial charge in [0.1, 0.15) is 64.1 Å². The summed E-state index contributed by atoms with van der Waals surface area (Å²) >= 11 is 0. The molecule has 6 aromatic carbocycles. The van der Waals surface area contributed by atoms with Crippen molar-refractivity contribution in [1.29, 1.82) is 0 Å². The fourth-order valence-electron chi connectivity index (χ4n) is 7.70. The highest BCUT2D eigenvalue weighted by molar-refractivity contribution is 6.16. The van der Waals surface area contributed by atoms with Crippen molar-refractivity contribution in [2.45, 2.75) is 83.0 Å². The van der Waals surface area contributed by atoms with Crippen molar-refractivity contribution in [3.63, 3.8) is 0 Å². The number of rotatable bonds is 25. The summed E-state index contributed by atoms with van der Waals surface area (Å²) < 4.78 is 29.5. The van der Waals surface area contributed by atoms with Gasteiger partial charge in [0.15, 0.2) is 0 Å². The van der Waals surface area contributed by atoms with E-state index in [1.54, 1.807) is 0 Å². The highest BCUT2D eigenvalue weighted by atomic mass is 16.6. The smallest absolute Gasteiger partial charge is 0.134 e. The molecule has 0 spiro atoms. The lowest BCUT2D eigenvalue weighted by Gasteiger charge is -2.34. The van der Waals surface area contributed by atoms with Gasteiger partial charge in [-0.1, -0.05) is 94.8 Å². The van der Waals surface area contributed by atoms with Crippen molar-refractivity contribution in [2.24, 2.45) is 0 Å². The number of ether oxygens (including phenoxy) is 5. The molecule has 2 aliphatic rings. The van der Waals surface area contributed by atoms with E-state index in [-0.39, 0.29) is 23.0 Å². The molecule has 9 nitrogen and oxygen atoms in total. The molecule has 0 radical (unpaired) electrons. The van der Waals surface area contributed by atoms with Crippen LogP contribution in [-0.4, -0.2) is 73.0 Å². The molecule has 2 heterocycles. The zero-order valence-electron chi connectivity index (χ0n) is 39.7. The summed E-state index contributed by atoms with van der Waals surface area (Å²) in [5.74, 6) is 3.40. The van der Waals surface area contributed by atoms with Crippen molar-refractivity contribution in [1.82, 2.24) is 0 Å². The van der Waals surface area contributed by atoms with Crippen molar-refractivity contribution in [3.8, 4) is 23.0 Å². The van der Waals surface area contributed by atoms with Crippen LogP contribution < -0.4 is 34.6 Å². The Labute approximate surface area is 394 Å². The first-order valence-corrected chi connectivity index (χ1v) is 23.7. The molecule has 66 heavy (non-hydrogen) atoms. The van der Waals surface area contributed by atoms with Gasteiger partial charge in [-0.2, -0.15) is 0 Å². The largest absolute Gasteiger partial charge is 0.490 e. The zero-order valence-corrected chi connectivity index (χ0v) is 39.7. The van der Waals surface area contributed by atoms with E-state index in [4.69, 9.17) is 23.7 Å². The van der Waals surface area contributed by atoms with Crippen LogP contribution in [0.1, 0.15) is 62.8 Å². The summed E-state index contributed by atoms with van der Waals surface area (Å²) in [4.78, 5) is 4.85. The normalized spacial score (nSPS) is 16.8. The average Bonchev–Trinajstić information content (AvgIpc) is 4.28. The van der Waals surface area contributed by atoms with Crippen LogP contribution in [-0.2, 0) is 29.0 Å². The molecule has 2 aliphatic heterocycles. The van der Waals surface area contributed by atoms with Gasteiger partial charge in [0, 0.05) is 58.9 Å². The summed E-state index contributed by atoms with van der Waals surface area (Å²) in [6.45, 7) is 14.7. The molecule has 2 saturated heterocycles. The van der Waals surface area contributed by atoms with Gasteiger partial charge in [0.25, 0.3) is 0 Å². The first-order valence-electron chi connectivity index (χ1n) is 23.7. The number of epoxide rings is 2. The number of nitrogens with one attached hydrogen (secondary N) is 2. The quantitative estimate of drug-likeness (QED) is 0.0332. The zero-order chi connectivity index (χ0) is 45.9. The Hall–Kier alpha value is -6.03. The molecule has 0 aliphatic carbocycles. The summed E-state index contributed by atoms with van der Waals surface area (Å²) in [6.07, 6.45) is 3.37. The SMILES string of the molecule is BC(C)(CC)CN(Cc1ccccc1OCC1CO1)c1ccc(Cc2ccc(N(CNc3ccc(Oc4ccc(NC(B)(C)CC)cc4)cc3)Cc3ccccc3OCC3CO3)cc2)cc1. The van der Waals surface area contributed by atoms with Gasteiger partial charge < -0.3 is 44.1 Å². The maximum Gasteiger partial charge on any atom is 0.134 e. The second-order valence-electron chi connectivity index (χ2n) is 19.2. The minimum absolute atomic E-state index is 0.0351. The van der Waals surface area contributed by atoms with Crippen LogP contribution in [0.4, 0.5) is 22.7 Å². The molecular weight excluding hydrogens is 818 g/mol.